The summed E-state index contributed by atoms with van der Waals surface area (Å²) in [7, 11) is 0. The second kappa shape index (κ2) is 8.41. The van der Waals surface area contributed by atoms with Gasteiger partial charge in [0.25, 0.3) is 0 Å². The van der Waals surface area contributed by atoms with Gasteiger partial charge < -0.3 is 4.90 Å². The first-order valence-electron chi connectivity index (χ1n) is 11.6. The number of benzene rings is 2. The summed E-state index contributed by atoms with van der Waals surface area (Å²) in [4.78, 5) is 11.5. The lowest BCUT2D eigenvalue weighted by molar-refractivity contribution is 0.0952. The van der Waals surface area contributed by atoms with Crippen LogP contribution in [0.3, 0.4) is 0 Å². The van der Waals surface area contributed by atoms with Crippen molar-refractivity contribution in [3.05, 3.63) is 77.5 Å². The van der Waals surface area contributed by atoms with Gasteiger partial charge >= 0.3 is 0 Å². The predicted molar refractivity (Wildman–Crippen MR) is 124 cm³/mol. The molecule has 2 aliphatic rings. The minimum absolute atomic E-state index is 0.198. The first-order valence-corrected chi connectivity index (χ1v) is 11.6. The molecule has 1 aliphatic heterocycles. The van der Waals surface area contributed by atoms with E-state index >= 15 is 0 Å². The first kappa shape index (κ1) is 20.2. The van der Waals surface area contributed by atoms with E-state index in [1.807, 2.05) is 18.3 Å². The quantitative estimate of drug-likeness (QED) is 0.496. The zero-order valence-corrected chi connectivity index (χ0v) is 18.3. The summed E-state index contributed by atoms with van der Waals surface area (Å²) in [6.45, 7) is 4.28. The van der Waals surface area contributed by atoms with Crippen molar-refractivity contribution in [2.24, 2.45) is 5.41 Å². The van der Waals surface area contributed by atoms with Crippen molar-refractivity contribution in [1.29, 1.82) is 0 Å². The summed E-state index contributed by atoms with van der Waals surface area (Å²) in [5, 5.41) is 0. The number of anilines is 1. The van der Waals surface area contributed by atoms with E-state index < -0.39 is 0 Å². The Labute approximate surface area is 184 Å². The molecule has 5 rings (SSSR count). The molecule has 1 saturated carbocycles. The third-order valence-corrected chi connectivity index (χ3v) is 7.44. The molecule has 0 N–H and O–H groups in total. The Balaban J connectivity index is 1.46. The van der Waals surface area contributed by atoms with Gasteiger partial charge in [-0.15, -0.1) is 0 Å². The molecule has 1 saturated heterocycles. The van der Waals surface area contributed by atoms with Crippen LogP contribution in [0.2, 0.25) is 0 Å². The molecule has 160 valence electrons. The van der Waals surface area contributed by atoms with Gasteiger partial charge in [-0.05, 0) is 71.9 Å². The fourth-order valence-electron chi connectivity index (χ4n) is 5.38. The van der Waals surface area contributed by atoms with Gasteiger partial charge in [0.15, 0.2) is 0 Å². The van der Waals surface area contributed by atoms with Crippen LogP contribution in [0.15, 0.2) is 55.0 Å². The minimum atomic E-state index is -0.198. The number of aryl methyl sites for hydroxylation is 1. The summed E-state index contributed by atoms with van der Waals surface area (Å²) < 4.78 is 14.3. The molecule has 31 heavy (non-hydrogen) atoms. The SMILES string of the molecule is CCc1ccccc1-c1cc(F)ccc1Cc1cncnc1N1CCC2(CCC2)CC1. The number of rotatable bonds is 5. The molecule has 2 heterocycles. The largest absolute Gasteiger partial charge is 0.356 e. The predicted octanol–water partition coefficient (Wildman–Crippen LogP) is 6.21. The highest BCUT2D eigenvalue weighted by atomic mass is 19.1. The third-order valence-electron chi connectivity index (χ3n) is 7.44. The van der Waals surface area contributed by atoms with E-state index in [4.69, 9.17) is 0 Å². The van der Waals surface area contributed by atoms with Crippen molar-refractivity contribution in [3.63, 3.8) is 0 Å². The van der Waals surface area contributed by atoms with E-state index in [0.717, 1.165) is 47.6 Å². The van der Waals surface area contributed by atoms with Gasteiger partial charge in [-0.25, -0.2) is 14.4 Å². The van der Waals surface area contributed by atoms with E-state index in [9.17, 15) is 4.39 Å². The van der Waals surface area contributed by atoms with Crippen LogP contribution in [-0.4, -0.2) is 23.1 Å². The second-order valence-corrected chi connectivity index (χ2v) is 9.20. The smallest absolute Gasteiger partial charge is 0.135 e. The van der Waals surface area contributed by atoms with Gasteiger partial charge in [-0.1, -0.05) is 43.7 Å². The molecule has 3 aromatic rings. The summed E-state index contributed by atoms with van der Waals surface area (Å²) >= 11 is 0. The maximum atomic E-state index is 14.3. The van der Waals surface area contributed by atoms with Crippen LogP contribution in [0.5, 0.6) is 0 Å². The topological polar surface area (TPSA) is 29.0 Å². The molecule has 1 aromatic heterocycles. The van der Waals surface area contributed by atoms with Crippen molar-refractivity contribution >= 4 is 5.82 Å². The number of hydrogen-bond donors (Lipinski definition) is 0. The molecule has 0 bridgehead atoms. The van der Waals surface area contributed by atoms with Crippen LogP contribution in [0.1, 0.15) is 55.7 Å². The summed E-state index contributed by atoms with van der Waals surface area (Å²) in [5.41, 5.74) is 6.17. The Morgan fingerprint density at radius 2 is 1.74 bits per heavy atom. The Bertz CT molecular complexity index is 1060. The molecule has 0 radical (unpaired) electrons. The molecule has 2 aromatic carbocycles. The molecule has 2 fully saturated rings. The standard InChI is InChI=1S/C27H30FN3/c1-2-20-6-3-4-7-24(20)25-17-23(28)9-8-21(25)16-22-18-29-19-30-26(22)31-14-12-27(13-15-31)10-5-11-27/h3-4,6-9,17-19H,2,5,10-16H2,1H3. The monoisotopic (exact) mass is 415 g/mol. The van der Waals surface area contributed by atoms with Crippen LogP contribution in [0.4, 0.5) is 10.2 Å². The summed E-state index contributed by atoms with van der Waals surface area (Å²) in [6.07, 6.45) is 11.9. The van der Waals surface area contributed by atoms with Crippen molar-refractivity contribution in [1.82, 2.24) is 9.97 Å². The van der Waals surface area contributed by atoms with Crippen LogP contribution in [-0.2, 0) is 12.8 Å². The minimum Gasteiger partial charge on any atom is -0.356 e. The molecular formula is C27H30FN3. The molecule has 0 amide bonds. The first-order chi connectivity index (χ1) is 15.2. The molecular weight excluding hydrogens is 385 g/mol. The average Bonchev–Trinajstić information content (AvgIpc) is 2.79. The van der Waals surface area contributed by atoms with Gasteiger partial charge in [0.1, 0.15) is 18.0 Å². The van der Waals surface area contributed by atoms with Crippen molar-refractivity contribution in [3.8, 4) is 11.1 Å². The lowest BCUT2D eigenvalue weighted by Crippen LogP contribution is -2.44. The molecule has 0 atom stereocenters. The van der Waals surface area contributed by atoms with E-state index in [-0.39, 0.29) is 5.82 Å². The number of hydrogen-bond acceptors (Lipinski definition) is 3. The van der Waals surface area contributed by atoms with E-state index in [1.165, 1.54) is 37.7 Å². The van der Waals surface area contributed by atoms with Crippen molar-refractivity contribution in [2.75, 3.05) is 18.0 Å². The number of nitrogens with zero attached hydrogens (tertiary/aromatic N) is 3. The van der Waals surface area contributed by atoms with Crippen molar-refractivity contribution < 1.29 is 4.39 Å². The molecule has 4 heteroatoms. The Hall–Kier alpha value is -2.75. The van der Waals surface area contributed by atoms with Crippen LogP contribution in [0.25, 0.3) is 11.1 Å². The molecule has 3 nitrogen and oxygen atoms in total. The van der Waals surface area contributed by atoms with Crippen LogP contribution >= 0.6 is 0 Å². The summed E-state index contributed by atoms with van der Waals surface area (Å²) in [5.74, 6) is 0.847. The second-order valence-electron chi connectivity index (χ2n) is 9.20. The zero-order chi connectivity index (χ0) is 21.3. The highest BCUT2D eigenvalue weighted by molar-refractivity contribution is 5.71. The van der Waals surface area contributed by atoms with Gasteiger partial charge in [-0.2, -0.15) is 0 Å². The fraction of sp³-hybridized carbons (Fsp3) is 0.407. The maximum absolute atomic E-state index is 14.3. The third kappa shape index (κ3) is 3.96. The highest BCUT2D eigenvalue weighted by Gasteiger charge is 2.40. The summed E-state index contributed by atoms with van der Waals surface area (Å²) in [6, 6.07) is 13.5. The molecule has 1 spiro atoms. The number of piperidine rings is 1. The van der Waals surface area contributed by atoms with Gasteiger partial charge in [-0.3, -0.25) is 0 Å². The molecule has 1 aliphatic carbocycles. The van der Waals surface area contributed by atoms with E-state index in [1.54, 1.807) is 18.5 Å². The van der Waals surface area contributed by atoms with Crippen LogP contribution < -0.4 is 4.90 Å². The van der Waals surface area contributed by atoms with E-state index in [2.05, 4.69) is 40.0 Å². The molecule has 0 unspecified atom stereocenters. The lowest BCUT2D eigenvalue weighted by Gasteiger charge is -2.48. The number of halogens is 1. The Kier molecular flexibility index (Phi) is 5.47. The lowest BCUT2D eigenvalue weighted by atomic mass is 9.63. The highest BCUT2D eigenvalue weighted by Crippen LogP contribution is 2.49. The Morgan fingerprint density at radius 1 is 0.935 bits per heavy atom. The Morgan fingerprint density at radius 3 is 2.48 bits per heavy atom. The van der Waals surface area contributed by atoms with Crippen molar-refractivity contribution in [2.45, 2.75) is 51.9 Å². The van der Waals surface area contributed by atoms with Crippen LogP contribution in [0, 0.1) is 11.2 Å². The van der Waals surface area contributed by atoms with Gasteiger partial charge in [0.05, 0.1) is 0 Å². The number of aromatic nitrogens is 2. The van der Waals surface area contributed by atoms with E-state index in [0.29, 0.717) is 11.8 Å². The maximum Gasteiger partial charge on any atom is 0.135 e. The van der Waals surface area contributed by atoms with Gasteiger partial charge in [0.2, 0.25) is 0 Å². The van der Waals surface area contributed by atoms with Gasteiger partial charge in [0, 0.05) is 31.3 Å². The zero-order valence-electron chi connectivity index (χ0n) is 18.3. The average molecular weight is 416 g/mol. The normalized spacial score (nSPS) is 17.5. The fourth-order valence-corrected chi connectivity index (χ4v) is 5.38.